The van der Waals surface area contributed by atoms with Crippen molar-refractivity contribution in [3.05, 3.63) is 30.1 Å². The van der Waals surface area contributed by atoms with Crippen LogP contribution in [0, 0.1) is 6.92 Å². The molecule has 104 valence electrons. The number of nitrogens with one attached hydrogen (secondary N) is 1. The Balaban J connectivity index is 2.10. The quantitative estimate of drug-likeness (QED) is 0.837. The first kappa shape index (κ1) is 14.0. The first-order valence-electron chi connectivity index (χ1n) is 6.90. The number of imidazole rings is 1. The summed E-state index contributed by atoms with van der Waals surface area (Å²) in [6, 6.07) is 8.71. The molecule has 0 amide bonds. The molecule has 19 heavy (non-hydrogen) atoms. The van der Waals surface area contributed by atoms with Gasteiger partial charge in [-0.15, -0.1) is 0 Å². The molecule has 1 unspecified atom stereocenters. The molecule has 0 spiro atoms. The molecule has 0 radical (unpaired) electrons. The Morgan fingerprint density at radius 1 is 1.32 bits per heavy atom. The fourth-order valence-electron chi connectivity index (χ4n) is 2.46. The lowest BCUT2D eigenvalue weighted by Gasteiger charge is -2.19. The number of fused-ring (bicyclic) bond motifs is 1. The summed E-state index contributed by atoms with van der Waals surface area (Å²) < 4.78 is 2.22. The predicted octanol–water partition coefficient (Wildman–Crippen LogP) is 2.09. The zero-order valence-electron chi connectivity index (χ0n) is 11.9. The van der Waals surface area contributed by atoms with E-state index in [1.165, 1.54) is 5.52 Å². The zero-order chi connectivity index (χ0) is 13.8. The van der Waals surface area contributed by atoms with Crippen LogP contribution in [-0.4, -0.2) is 33.3 Å². The lowest BCUT2D eigenvalue weighted by molar-refractivity contribution is 0.224. The Labute approximate surface area is 114 Å². The van der Waals surface area contributed by atoms with Crippen LogP contribution in [0.3, 0.4) is 0 Å². The number of aryl methyl sites for hydroxylation is 2. The topological polar surface area (TPSA) is 50.1 Å². The van der Waals surface area contributed by atoms with Crippen molar-refractivity contribution < 1.29 is 5.11 Å². The van der Waals surface area contributed by atoms with E-state index in [0.717, 1.165) is 24.3 Å². The number of benzene rings is 1. The third-order valence-corrected chi connectivity index (χ3v) is 3.34. The first-order valence-corrected chi connectivity index (χ1v) is 6.90. The van der Waals surface area contributed by atoms with E-state index in [-0.39, 0.29) is 12.6 Å². The molecular weight excluding hydrogens is 238 g/mol. The second-order valence-electron chi connectivity index (χ2n) is 5.29. The summed E-state index contributed by atoms with van der Waals surface area (Å²) in [6.07, 6.45) is 0.899. The monoisotopic (exact) mass is 261 g/mol. The standard InChI is InChI=1S/C15H23N3O/c1-11(2)16-13(10-19)8-9-18-12(3)17-14-6-4-5-7-15(14)18/h4-7,11,13,16,19H,8-10H2,1-3H3. The van der Waals surface area contributed by atoms with Crippen LogP contribution in [0.4, 0.5) is 0 Å². The number of hydrogen-bond donors (Lipinski definition) is 2. The molecule has 0 fully saturated rings. The number of para-hydroxylation sites is 2. The minimum absolute atomic E-state index is 0.139. The molecule has 2 N–H and O–H groups in total. The van der Waals surface area contributed by atoms with E-state index in [2.05, 4.69) is 34.8 Å². The minimum Gasteiger partial charge on any atom is -0.395 e. The van der Waals surface area contributed by atoms with E-state index >= 15 is 0 Å². The van der Waals surface area contributed by atoms with Crippen molar-refractivity contribution in [1.29, 1.82) is 0 Å². The summed E-state index contributed by atoms with van der Waals surface area (Å²) in [5.74, 6) is 1.03. The van der Waals surface area contributed by atoms with E-state index in [0.29, 0.717) is 6.04 Å². The van der Waals surface area contributed by atoms with Gasteiger partial charge in [-0.3, -0.25) is 0 Å². The van der Waals surface area contributed by atoms with Crippen LogP contribution in [0.2, 0.25) is 0 Å². The second kappa shape index (κ2) is 6.17. The van der Waals surface area contributed by atoms with Gasteiger partial charge in [0.05, 0.1) is 17.6 Å². The van der Waals surface area contributed by atoms with Gasteiger partial charge in [-0.1, -0.05) is 26.0 Å². The average Bonchev–Trinajstić information content (AvgIpc) is 2.70. The van der Waals surface area contributed by atoms with Gasteiger partial charge in [0.1, 0.15) is 5.82 Å². The first-order chi connectivity index (χ1) is 9.11. The van der Waals surface area contributed by atoms with Crippen LogP contribution in [0.15, 0.2) is 24.3 Å². The highest BCUT2D eigenvalue weighted by atomic mass is 16.3. The predicted molar refractivity (Wildman–Crippen MR) is 78.2 cm³/mol. The average molecular weight is 261 g/mol. The zero-order valence-corrected chi connectivity index (χ0v) is 11.9. The van der Waals surface area contributed by atoms with Gasteiger partial charge >= 0.3 is 0 Å². The molecule has 1 heterocycles. The third kappa shape index (κ3) is 3.33. The highest BCUT2D eigenvalue weighted by molar-refractivity contribution is 5.75. The van der Waals surface area contributed by atoms with Crippen molar-refractivity contribution in [3.8, 4) is 0 Å². The third-order valence-electron chi connectivity index (χ3n) is 3.34. The van der Waals surface area contributed by atoms with E-state index in [4.69, 9.17) is 0 Å². The van der Waals surface area contributed by atoms with Crippen LogP contribution in [0.25, 0.3) is 11.0 Å². The van der Waals surface area contributed by atoms with E-state index in [9.17, 15) is 5.11 Å². The Hall–Kier alpha value is -1.39. The summed E-state index contributed by atoms with van der Waals surface area (Å²) in [4.78, 5) is 4.56. The fourth-order valence-corrected chi connectivity index (χ4v) is 2.46. The van der Waals surface area contributed by atoms with Crippen LogP contribution in [0.5, 0.6) is 0 Å². The van der Waals surface area contributed by atoms with Gasteiger partial charge in [-0.25, -0.2) is 4.98 Å². The summed E-state index contributed by atoms with van der Waals surface area (Å²) >= 11 is 0. The maximum absolute atomic E-state index is 9.40. The summed E-state index contributed by atoms with van der Waals surface area (Å²) in [5, 5.41) is 12.8. The van der Waals surface area contributed by atoms with Gasteiger partial charge in [0.25, 0.3) is 0 Å². The summed E-state index contributed by atoms with van der Waals surface area (Å²) in [7, 11) is 0. The van der Waals surface area contributed by atoms with Gasteiger partial charge in [-0.05, 0) is 25.5 Å². The van der Waals surface area contributed by atoms with Crippen molar-refractivity contribution >= 4 is 11.0 Å². The molecule has 4 nitrogen and oxygen atoms in total. The van der Waals surface area contributed by atoms with Crippen molar-refractivity contribution in [1.82, 2.24) is 14.9 Å². The molecule has 1 aromatic carbocycles. The highest BCUT2D eigenvalue weighted by Gasteiger charge is 2.11. The highest BCUT2D eigenvalue weighted by Crippen LogP contribution is 2.16. The van der Waals surface area contributed by atoms with Gasteiger partial charge in [0.2, 0.25) is 0 Å². The number of rotatable bonds is 6. The molecular formula is C15H23N3O. The molecule has 0 aliphatic carbocycles. The minimum atomic E-state index is 0.139. The maximum Gasteiger partial charge on any atom is 0.106 e. The van der Waals surface area contributed by atoms with Crippen LogP contribution in [0.1, 0.15) is 26.1 Å². The molecule has 0 saturated heterocycles. The molecule has 0 aliphatic rings. The lowest BCUT2D eigenvalue weighted by atomic mass is 10.2. The largest absolute Gasteiger partial charge is 0.395 e. The molecule has 0 bridgehead atoms. The van der Waals surface area contributed by atoms with Crippen molar-refractivity contribution in [2.75, 3.05) is 6.61 Å². The smallest absolute Gasteiger partial charge is 0.106 e. The molecule has 2 rings (SSSR count). The van der Waals surface area contributed by atoms with E-state index in [1.807, 2.05) is 25.1 Å². The van der Waals surface area contributed by atoms with Crippen LogP contribution in [-0.2, 0) is 6.54 Å². The number of aromatic nitrogens is 2. The number of hydrogen-bond acceptors (Lipinski definition) is 3. The fraction of sp³-hybridized carbons (Fsp3) is 0.533. The number of nitrogens with zero attached hydrogens (tertiary/aromatic N) is 2. The number of aliphatic hydroxyl groups is 1. The Kier molecular flexibility index (Phi) is 4.56. The summed E-state index contributed by atoms with van der Waals surface area (Å²) in [5.41, 5.74) is 2.21. The van der Waals surface area contributed by atoms with Gasteiger partial charge in [0, 0.05) is 18.6 Å². The Morgan fingerprint density at radius 3 is 2.74 bits per heavy atom. The second-order valence-corrected chi connectivity index (χ2v) is 5.29. The Bertz CT molecular complexity index is 533. The van der Waals surface area contributed by atoms with Crippen LogP contribution >= 0.6 is 0 Å². The number of aliphatic hydroxyl groups excluding tert-OH is 1. The van der Waals surface area contributed by atoms with Gasteiger partial charge in [-0.2, -0.15) is 0 Å². The Morgan fingerprint density at radius 2 is 2.05 bits per heavy atom. The molecule has 2 aromatic rings. The molecule has 0 saturated carbocycles. The molecule has 1 aromatic heterocycles. The van der Waals surface area contributed by atoms with Gasteiger partial charge in [0.15, 0.2) is 0 Å². The maximum atomic E-state index is 9.40. The van der Waals surface area contributed by atoms with Crippen LogP contribution < -0.4 is 5.32 Å². The molecule has 1 atom stereocenters. The lowest BCUT2D eigenvalue weighted by Crippen LogP contribution is -2.38. The van der Waals surface area contributed by atoms with Gasteiger partial charge < -0.3 is 15.0 Å². The SMILES string of the molecule is Cc1nc2ccccc2n1CCC(CO)NC(C)C. The van der Waals surface area contributed by atoms with Crippen molar-refractivity contribution in [2.24, 2.45) is 0 Å². The normalized spacial score (nSPS) is 13.3. The van der Waals surface area contributed by atoms with Crippen molar-refractivity contribution in [2.45, 2.75) is 45.8 Å². The van der Waals surface area contributed by atoms with Crippen molar-refractivity contribution in [3.63, 3.8) is 0 Å². The molecule has 4 heteroatoms. The molecule has 0 aliphatic heterocycles. The van der Waals surface area contributed by atoms with E-state index < -0.39 is 0 Å². The summed E-state index contributed by atoms with van der Waals surface area (Å²) in [6.45, 7) is 7.27. The van der Waals surface area contributed by atoms with E-state index in [1.54, 1.807) is 0 Å².